The van der Waals surface area contributed by atoms with Crippen LogP contribution in [-0.2, 0) is 4.74 Å². The normalized spacial score (nSPS) is 43.5. The van der Waals surface area contributed by atoms with Crippen molar-refractivity contribution >= 4 is 0 Å². The Morgan fingerprint density at radius 3 is 2.92 bits per heavy atom. The highest BCUT2D eigenvalue weighted by molar-refractivity contribution is 5.25. The van der Waals surface area contributed by atoms with Gasteiger partial charge in [-0.2, -0.15) is 0 Å². The largest absolute Gasteiger partial charge is 0.373 e. The van der Waals surface area contributed by atoms with Crippen molar-refractivity contribution in [2.24, 2.45) is 5.92 Å². The molecule has 0 saturated heterocycles. The Morgan fingerprint density at radius 2 is 2.38 bits per heavy atom. The molecule has 0 heterocycles. The van der Waals surface area contributed by atoms with Gasteiger partial charge in [0.05, 0.1) is 0 Å². The lowest BCUT2D eigenvalue weighted by atomic mass is 9.66. The molecule has 3 rings (SSSR count). The average Bonchev–Trinajstić information content (AvgIpc) is 2.18. The number of nitrogens with one attached hydrogen (secondary N) is 1. The standard InChI is InChI=1S/C11H19NO/c1-8-7-11(13-3)5-4-9(8)6-10(11)12-2/h7,9-10,12H,4-6H2,1-3H3/t9-,10-,11+/m1/s1. The zero-order valence-electron chi connectivity index (χ0n) is 8.76. The fourth-order valence-corrected chi connectivity index (χ4v) is 2.93. The second kappa shape index (κ2) is 3.10. The predicted octanol–water partition coefficient (Wildman–Crippen LogP) is 1.72. The van der Waals surface area contributed by atoms with Crippen LogP contribution in [0.5, 0.6) is 0 Å². The number of likely N-dealkylation sites (N-methyl/N-ethyl adjacent to an activating group) is 1. The first-order chi connectivity index (χ1) is 6.22. The minimum Gasteiger partial charge on any atom is -0.373 e. The van der Waals surface area contributed by atoms with Crippen molar-refractivity contribution in [3.05, 3.63) is 11.6 Å². The van der Waals surface area contributed by atoms with Gasteiger partial charge in [-0.1, -0.05) is 11.6 Å². The summed E-state index contributed by atoms with van der Waals surface area (Å²) in [5.74, 6) is 0.800. The molecule has 0 aromatic heterocycles. The molecule has 0 unspecified atom stereocenters. The van der Waals surface area contributed by atoms with Crippen LogP contribution in [-0.4, -0.2) is 25.8 Å². The second-order valence-electron chi connectivity index (χ2n) is 4.36. The monoisotopic (exact) mass is 181 g/mol. The first-order valence-corrected chi connectivity index (χ1v) is 5.13. The van der Waals surface area contributed by atoms with Gasteiger partial charge in [0.15, 0.2) is 0 Å². The van der Waals surface area contributed by atoms with E-state index in [-0.39, 0.29) is 5.60 Å². The Labute approximate surface area is 80.4 Å². The van der Waals surface area contributed by atoms with Crippen LogP contribution in [0.15, 0.2) is 11.6 Å². The number of hydrogen-bond acceptors (Lipinski definition) is 2. The van der Waals surface area contributed by atoms with Crippen molar-refractivity contribution < 1.29 is 4.74 Å². The van der Waals surface area contributed by atoms with Gasteiger partial charge in [0.25, 0.3) is 0 Å². The van der Waals surface area contributed by atoms with E-state index in [1.54, 1.807) is 0 Å². The van der Waals surface area contributed by atoms with E-state index < -0.39 is 0 Å². The van der Waals surface area contributed by atoms with E-state index in [4.69, 9.17) is 4.74 Å². The Balaban J connectivity index is 2.32. The zero-order valence-corrected chi connectivity index (χ0v) is 8.76. The molecule has 0 aromatic carbocycles. The van der Waals surface area contributed by atoms with Gasteiger partial charge in [0, 0.05) is 13.2 Å². The van der Waals surface area contributed by atoms with Crippen LogP contribution >= 0.6 is 0 Å². The Morgan fingerprint density at radius 1 is 1.62 bits per heavy atom. The lowest BCUT2D eigenvalue weighted by molar-refractivity contribution is -0.0423. The van der Waals surface area contributed by atoms with Crippen LogP contribution in [0.4, 0.5) is 0 Å². The third-order valence-corrected chi connectivity index (χ3v) is 3.84. The lowest BCUT2D eigenvalue weighted by Crippen LogP contribution is -2.56. The molecular formula is C11H19NO. The molecule has 2 nitrogen and oxygen atoms in total. The van der Waals surface area contributed by atoms with Crippen LogP contribution in [0.3, 0.4) is 0 Å². The summed E-state index contributed by atoms with van der Waals surface area (Å²) < 4.78 is 5.70. The van der Waals surface area contributed by atoms with Crippen molar-refractivity contribution in [3.63, 3.8) is 0 Å². The van der Waals surface area contributed by atoms with Gasteiger partial charge in [-0.3, -0.25) is 0 Å². The smallest absolute Gasteiger partial charge is 0.101 e. The molecule has 2 bridgehead atoms. The van der Waals surface area contributed by atoms with E-state index in [2.05, 4.69) is 18.3 Å². The fourth-order valence-electron chi connectivity index (χ4n) is 2.93. The van der Waals surface area contributed by atoms with E-state index in [0.29, 0.717) is 6.04 Å². The Hall–Kier alpha value is -0.340. The third-order valence-electron chi connectivity index (χ3n) is 3.84. The number of rotatable bonds is 2. The first kappa shape index (κ1) is 9.22. The van der Waals surface area contributed by atoms with E-state index in [1.165, 1.54) is 24.8 Å². The third kappa shape index (κ3) is 1.24. The molecule has 1 N–H and O–H groups in total. The van der Waals surface area contributed by atoms with E-state index in [9.17, 15) is 0 Å². The molecule has 1 fully saturated rings. The van der Waals surface area contributed by atoms with Crippen LogP contribution in [0.1, 0.15) is 26.2 Å². The molecule has 13 heavy (non-hydrogen) atoms. The highest BCUT2D eigenvalue weighted by atomic mass is 16.5. The quantitative estimate of drug-likeness (QED) is 0.655. The van der Waals surface area contributed by atoms with E-state index in [1.807, 2.05) is 14.2 Å². The van der Waals surface area contributed by atoms with Crippen molar-refractivity contribution in [2.75, 3.05) is 14.2 Å². The zero-order chi connectivity index (χ0) is 9.47. The predicted molar refractivity (Wildman–Crippen MR) is 53.7 cm³/mol. The summed E-state index contributed by atoms with van der Waals surface area (Å²) in [6.07, 6.45) is 6.06. The molecule has 0 radical (unpaired) electrons. The molecular weight excluding hydrogens is 162 g/mol. The SMILES string of the molecule is CN[C@@H]1C[C@H]2CC[C@]1(OC)C=C2C. The number of methoxy groups -OCH3 is 1. The lowest BCUT2D eigenvalue weighted by Gasteiger charge is -2.49. The number of ether oxygens (including phenoxy) is 1. The van der Waals surface area contributed by atoms with Gasteiger partial charge in [-0.15, -0.1) is 0 Å². The van der Waals surface area contributed by atoms with E-state index >= 15 is 0 Å². The minimum absolute atomic E-state index is 0.00637. The molecule has 0 aliphatic heterocycles. The van der Waals surface area contributed by atoms with E-state index in [0.717, 1.165) is 5.92 Å². The number of allylic oxidation sites excluding steroid dienone is 1. The summed E-state index contributed by atoms with van der Waals surface area (Å²) >= 11 is 0. The maximum atomic E-state index is 5.70. The molecule has 3 aliphatic rings. The highest BCUT2D eigenvalue weighted by Crippen LogP contribution is 2.44. The topological polar surface area (TPSA) is 21.3 Å². The second-order valence-corrected chi connectivity index (χ2v) is 4.36. The summed E-state index contributed by atoms with van der Waals surface area (Å²) in [5, 5.41) is 3.38. The van der Waals surface area contributed by atoms with Crippen LogP contribution in [0.2, 0.25) is 0 Å². The van der Waals surface area contributed by atoms with Crippen molar-refractivity contribution in [1.82, 2.24) is 5.32 Å². The molecule has 0 spiro atoms. The summed E-state index contributed by atoms with van der Waals surface area (Å²) in [5.41, 5.74) is 1.52. The molecule has 0 amide bonds. The van der Waals surface area contributed by atoms with Crippen LogP contribution in [0.25, 0.3) is 0 Å². The molecule has 1 saturated carbocycles. The van der Waals surface area contributed by atoms with Crippen LogP contribution in [0, 0.1) is 5.92 Å². The van der Waals surface area contributed by atoms with Gasteiger partial charge in [0.2, 0.25) is 0 Å². The maximum Gasteiger partial charge on any atom is 0.101 e. The molecule has 2 heteroatoms. The van der Waals surface area contributed by atoms with Gasteiger partial charge >= 0.3 is 0 Å². The van der Waals surface area contributed by atoms with Gasteiger partial charge in [0.1, 0.15) is 5.60 Å². The Kier molecular flexibility index (Phi) is 2.20. The minimum atomic E-state index is -0.00637. The molecule has 3 aliphatic carbocycles. The van der Waals surface area contributed by atoms with Gasteiger partial charge in [-0.25, -0.2) is 0 Å². The van der Waals surface area contributed by atoms with Crippen molar-refractivity contribution in [2.45, 2.75) is 37.8 Å². The first-order valence-electron chi connectivity index (χ1n) is 5.13. The molecule has 3 atom stereocenters. The number of fused-ring (bicyclic) bond motifs is 2. The fraction of sp³-hybridized carbons (Fsp3) is 0.818. The summed E-state index contributed by atoms with van der Waals surface area (Å²) in [7, 11) is 3.87. The molecule has 74 valence electrons. The van der Waals surface area contributed by atoms with Gasteiger partial charge in [-0.05, 0) is 39.2 Å². The summed E-state index contributed by atoms with van der Waals surface area (Å²) in [4.78, 5) is 0. The van der Waals surface area contributed by atoms with Crippen molar-refractivity contribution in [3.8, 4) is 0 Å². The molecule has 0 aromatic rings. The number of hydrogen-bond donors (Lipinski definition) is 1. The average molecular weight is 181 g/mol. The summed E-state index contributed by atoms with van der Waals surface area (Å²) in [6.45, 7) is 2.24. The maximum absolute atomic E-state index is 5.70. The summed E-state index contributed by atoms with van der Waals surface area (Å²) in [6, 6.07) is 0.514. The van der Waals surface area contributed by atoms with Crippen molar-refractivity contribution in [1.29, 1.82) is 0 Å². The van der Waals surface area contributed by atoms with Crippen LogP contribution < -0.4 is 5.32 Å². The Bertz CT molecular complexity index is 236. The van der Waals surface area contributed by atoms with Gasteiger partial charge < -0.3 is 10.1 Å². The highest BCUT2D eigenvalue weighted by Gasteiger charge is 2.46.